The summed E-state index contributed by atoms with van der Waals surface area (Å²) in [6.07, 6.45) is 4.92. The summed E-state index contributed by atoms with van der Waals surface area (Å²) in [6.45, 7) is 4.36. The van der Waals surface area contributed by atoms with Crippen molar-refractivity contribution in [3.63, 3.8) is 0 Å². The largest absolute Gasteiger partial charge is 0.357 e. The summed E-state index contributed by atoms with van der Waals surface area (Å²) in [6, 6.07) is 6.82. The Balaban J connectivity index is 1.81. The molecule has 0 saturated heterocycles. The molecule has 0 aliphatic carbocycles. The van der Waals surface area contributed by atoms with Crippen LogP contribution in [0, 0.1) is 5.82 Å². The number of nitrogens with zero attached hydrogens (tertiary/aromatic N) is 4. The molecule has 28 heavy (non-hydrogen) atoms. The van der Waals surface area contributed by atoms with Crippen molar-refractivity contribution >= 4 is 17.7 Å². The first-order valence-corrected chi connectivity index (χ1v) is 10.5. The van der Waals surface area contributed by atoms with Gasteiger partial charge in [0.1, 0.15) is 5.82 Å². The molecule has 2 aromatic rings. The average molecular weight is 407 g/mol. The first kappa shape index (κ1) is 22.2. The van der Waals surface area contributed by atoms with Crippen LogP contribution in [-0.2, 0) is 7.05 Å². The van der Waals surface area contributed by atoms with E-state index in [-0.39, 0.29) is 11.9 Å². The molecule has 0 spiro atoms. The van der Waals surface area contributed by atoms with Crippen LogP contribution in [0.4, 0.5) is 4.39 Å². The van der Waals surface area contributed by atoms with Crippen LogP contribution in [0.5, 0.6) is 0 Å². The Bertz CT molecular complexity index is 729. The maximum atomic E-state index is 12.9. The van der Waals surface area contributed by atoms with Crippen LogP contribution in [0.15, 0.2) is 46.5 Å². The molecule has 0 fully saturated rings. The fourth-order valence-electron chi connectivity index (χ4n) is 2.70. The van der Waals surface area contributed by atoms with Crippen molar-refractivity contribution in [2.45, 2.75) is 24.3 Å². The predicted molar refractivity (Wildman–Crippen MR) is 115 cm³/mol. The lowest BCUT2D eigenvalue weighted by molar-refractivity contribution is 0.306. The van der Waals surface area contributed by atoms with Gasteiger partial charge in [-0.15, -0.1) is 11.8 Å². The summed E-state index contributed by atoms with van der Waals surface area (Å²) < 4.78 is 14.7. The number of halogens is 1. The number of thioether (sulfide) groups is 1. The number of hydrogen-bond donors (Lipinski definition) is 2. The zero-order valence-corrected chi connectivity index (χ0v) is 18.0. The average Bonchev–Trinajstić information content (AvgIpc) is 3.08. The Kier molecular flexibility index (Phi) is 9.30. The van der Waals surface area contributed by atoms with Gasteiger partial charge in [-0.25, -0.2) is 4.39 Å². The second-order valence-electron chi connectivity index (χ2n) is 6.73. The summed E-state index contributed by atoms with van der Waals surface area (Å²) in [4.78, 5) is 8.00. The normalized spacial score (nSPS) is 13.0. The molecule has 1 aromatic heterocycles. The maximum Gasteiger partial charge on any atom is 0.191 e. The standard InChI is InChI=1S/C20H31FN6S/c1-5-22-20(23-11-6-12-28-18-9-7-17(21)8-10-18)24-14-19(26(2)3)16-13-25-27(4)15-16/h7-10,13,15,19H,5-6,11-12,14H2,1-4H3,(H2,22,23,24). The number of aliphatic imine (C=N–C) groups is 1. The summed E-state index contributed by atoms with van der Waals surface area (Å²) in [5, 5.41) is 11.0. The minimum absolute atomic E-state index is 0.179. The van der Waals surface area contributed by atoms with E-state index in [1.165, 1.54) is 12.1 Å². The monoisotopic (exact) mass is 406 g/mol. The fourth-order valence-corrected chi connectivity index (χ4v) is 3.55. The minimum Gasteiger partial charge on any atom is -0.357 e. The molecular formula is C20H31FN6S. The highest BCUT2D eigenvalue weighted by Gasteiger charge is 2.15. The molecule has 2 rings (SSSR count). The molecule has 0 saturated carbocycles. The van der Waals surface area contributed by atoms with Gasteiger partial charge in [0.25, 0.3) is 0 Å². The van der Waals surface area contributed by atoms with E-state index in [1.807, 2.05) is 36.3 Å². The lowest BCUT2D eigenvalue weighted by Crippen LogP contribution is -2.38. The molecule has 0 aliphatic rings. The molecule has 8 heteroatoms. The van der Waals surface area contributed by atoms with E-state index in [0.29, 0.717) is 6.54 Å². The van der Waals surface area contributed by atoms with Crippen molar-refractivity contribution in [3.8, 4) is 0 Å². The van der Waals surface area contributed by atoms with E-state index >= 15 is 0 Å². The molecule has 0 radical (unpaired) electrons. The number of aromatic nitrogens is 2. The zero-order chi connectivity index (χ0) is 20.4. The number of likely N-dealkylation sites (N-methyl/N-ethyl adjacent to an activating group) is 1. The molecule has 0 bridgehead atoms. The highest BCUT2D eigenvalue weighted by Crippen LogP contribution is 2.19. The molecular weight excluding hydrogens is 375 g/mol. The van der Waals surface area contributed by atoms with E-state index in [0.717, 1.165) is 41.7 Å². The van der Waals surface area contributed by atoms with E-state index < -0.39 is 0 Å². The van der Waals surface area contributed by atoms with Gasteiger partial charge in [0.2, 0.25) is 0 Å². The van der Waals surface area contributed by atoms with Gasteiger partial charge < -0.3 is 15.5 Å². The SMILES string of the molecule is CCNC(=NCC(c1cnn(C)c1)N(C)C)NCCCSc1ccc(F)cc1. The quantitative estimate of drug-likeness (QED) is 0.275. The Morgan fingerprint density at radius 3 is 2.64 bits per heavy atom. The first-order valence-electron chi connectivity index (χ1n) is 9.55. The van der Waals surface area contributed by atoms with Crippen molar-refractivity contribution in [3.05, 3.63) is 48.0 Å². The summed E-state index contributed by atoms with van der Waals surface area (Å²) in [5.74, 6) is 1.60. The molecule has 1 heterocycles. The number of rotatable bonds is 10. The molecule has 154 valence electrons. The Hall–Kier alpha value is -2.06. The zero-order valence-electron chi connectivity index (χ0n) is 17.2. The van der Waals surface area contributed by atoms with Crippen LogP contribution in [0.25, 0.3) is 0 Å². The minimum atomic E-state index is -0.195. The molecule has 1 unspecified atom stereocenters. The van der Waals surface area contributed by atoms with Crippen LogP contribution < -0.4 is 10.6 Å². The first-order chi connectivity index (χ1) is 13.5. The number of guanidine groups is 1. The van der Waals surface area contributed by atoms with Crippen LogP contribution >= 0.6 is 11.8 Å². The van der Waals surface area contributed by atoms with Crippen LogP contribution in [0.3, 0.4) is 0 Å². The smallest absolute Gasteiger partial charge is 0.191 e. The van der Waals surface area contributed by atoms with Gasteiger partial charge in [-0.2, -0.15) is 5.10 Å². The number of aryl methyl sites for hydroxylation is 1. The van der Waals surface area contributed by atoms with E-state index in [2.05, 4.69) is 41.7 Å². The van der Waals surface area contributed by atoms with Crippen molar-refractivity contribution in [1.29, 1.82) is 0 Å². The molecule has 1 aromatic carbocycles. The Morgan fingerprint density at radius 2 is 2.04 bits per heavy atom. The third kappa shape index (κ3) is 7.52. The number of hydrogen-bond acceptors (Lipinski definition) is 4. The van der Waals surface area contributed by atoms with Gasteiger partial charge in [0.05, 0.1) is 18.8 Å². The molecule has 0 amide bonds. The maximum absolute atomic E-state index is 12.9. The van der Waals surface area contributed by atoms with Crippen molar-refractivity contribution in [2.75, 3.05) is 39.5 Å². The predicted octanol–water partition coefficient (Wildman–Crippen LogP) is 2.90. The second kappa shape index (κ2) is 11.7. The van der Waals surface area contributed by atoms with Crippen LogP contribution in [0.2, 0.25) is 0 Å². The summed E-state index contributed by atoms with van der Waals surface area (Å²) in [5.41, 5.74) is 1.16. The lowest BCUT2D eigenvalue weighted by Gasteiger charge is -2.22. The number of benzene rings is 1. The molecule has 6 nitrogen and oxygen atoms in total. The van der Waals surface area contributed by atoms with Gasteiger partial charge in [-0.05, 0) is 57.5 Å². The number of nitrogens with one attached hydrogen (secondary N) is 2. The van der Waals surface area contributed by atoms with Gasteiger partial charge >= 0.3 is 0 Å². The third-order valence-corrected chi connectivity index (χ3v) is 5.29. The van der Waals surface area contributed by atoms with Crippen LogP contribution in [-0.4, -0.2) is 60.1 Å². The van der Waals surface area contributed by atoms with E-state index in [9.17, 15) is 4.39 Å². The van der Waals surface area contributed by atoms with Gasteiger partial charge in [0.15, 0.2) is 5.96 Å². The fraction of sp³-hybridized carbons (Fsp3) is 0.500. The van der Waals surface area contributed by atoms with Crippen molar-refractivity contribution < 1.29 is 4.39 Å². The molecule has 0 aliphatic heterocycles. The molecule has 1 atom stereocenters. The highest BCUT2D eigenvalue weighted by molar-refractivity contribution is 7.99. The van der Waals surface area contributed by atoms with E-state index in [4.69, 9.17) is 4.99 Å². The summed E-state index contributed by atoms with van der Waals surface area (Å²) in [7, 11) is 6.04. The van der Waals surface area contributed by atoms with Crippen molar-refractivity contribution in [2.24, 2.45) is 12.0 Å². The lowest BCUT2D eigenvalue weighted by atomic mass is 10.1. The second-order valence-corrected chi connectivity index (χ2v) is 7.90. The topological polar surface area (TPSA) is 57.5 Å². The third-order valence-electron chi connectivity index (χ3n) is 4.20. The van der Waals surface area contributed by atoms with Crippen molar-refractivity contribution in [1.82, 2.24) is 25.3 Å². The molecule has 2 N–H and O–H groups in total. The Labute approximate surface area is 171 Å². The van der Waals surface area contributed by atoms with E-state index in [1.54, 1.807) is 11.8 Å². The van der Waals surface area contributed by atoms with Gasteiger partial charge in [-0.3, -0.25) is 9.67 Å². The summed E-state index contributed by atoms with van der Waals surface area (Å²) >= 11 is 1.73. The van der Waals surface area contributed by atoms with Gasteiger partial charge in [-0.1, -0.05) is 0 Å². The highest BCUT2D eigenvalue weighted by atomic mass is 32.2. The van der Waals surface area contributed by atoms with Gasteiger partial charge in [0, 0.05) is 36.8 Å². The Morgan fingerprint density at radius 1 is 1.29 bits per heavy atom. The van der Waals surface area contributed by atoms with Crippen LogP contribution in [0.1, 0.15) is 24.9 Å².